The predicted molar refractivity (Wildman–Crippen MR) is 87.3 cm³/mol. The number of nitrogens with zero attached hydrogens (tertiary/aromatic N) is 2. The van der Waals surface area contributed by atoms with Gasteiger partial charge in [-0.05, 0) is 0 Å². The molecule has 0 spiro atoms. The number of benzene rings is 1. The largest absolute Gasteiger partial charge is 0.339 e. The van der Waals surface area contributed by atoms with Gasteiger partial charge in [0.05, 0.1) is 12.7 Å². The fourth-order valence-electron chi connectivity index (χ4n) is 1.84. The molecule has 3 aromatic rings. The van der Waals surface area contributed by atoms with Gasteiger partial charge < -0.3 is 9.97 Å². The molecule has 0 aliphatic rings. The summed E-state index contributed by atoms with van der Waals surface area (Å²) in [4.78, 5) is 34.4. The molecule has 3 rings (SSSR count). The summed E-state index contributed by atoms with van der Waals surface area (Å²) in [6.45, 7) is 1.27. The smallest absolute Gasteiger partial charge is 0.276 e. The maximum Gasteiger partial charge on any atom is 0.276 e. The summed E-state index contributed by atoms with van der Waals surface area (Å²) in [5.74, 6) is -0.379. The molecule has 0 aliphatic heterocycles. The van der Waals surface area contributed by atoms with Crippen LogP contribution in [0.1, 0.15) is 6.92 Å². The van der Waals surface area contributed by atoms with Gasteiger partial charge in [0.25, 0.3) is 5.56 Å². The Morgan fingerprint density at radius 1 is 1.24 bits per heavy atom. The first-order chi connectivity index (χ1) is 11.8. The Hall–Kier alpha value is -2.72. The normalized spacial score (nSPS) is 12.8. The number of fused-ring (bicyclic) bond motifs is 1. The van der Waals surface area contributed by atoms with E-state index in [1.54, 1.807) is 6.07 Å². The van der Waals surface area contributed by atoms with Gasteiger partial charge in [0.15, 0.2) is 11.2 Å². The molecule has 0 fully saturated rings. The maximum atomic E-state index is 11.4. The van der Waals surface area contributed by atoms with Gasteiger partial charge in [0.1, 0.15) is 0 Å². The first-order valence-corrected chi connectivity index (χ1v) is 10.1. The molecule has 1 unspecified atom stereocenters. The number of carbonyl (C=O) groups is 1. The standard InChI is InChI=1S/C8H10AsNO5.C5H4N4O/c1-6(11)10-8-5-3-2-4-7(8)9(12,13)15-14;10-5-3-4(7-1-6-3)8-2-9-5/h2-5,14H,1H3,(H,10,11)(H,12,13);1-2H,(H2,6,7,8,9,10). The minimum Gasteiger partial charge on any atom is -0.339 e. The molecule has 132 valence electrons. The molecule has 1 atom stereocenters. The van der Waals surface area contributed by atoms with Gasteiger partial charge in [0.2, 0.25) is 0 Å². The quantitative estimate of drug-likeness (QED) is 0.215. The Morgan fingerprint density at radius 3 is 2.48 bits per heavy atom. The molecular formula is C13H14AsN5O6. The second-order valence-corrected chi connectivity index (χ2v) is 8.17. The summed E-state index contributed by atoms with van der Waals surface area (Å²) in [6, 6.07) is 5.84. The van der Waals surface area contributed by atoms with Gasteiger partial charge in [-0.2, -0.15) is 0 Å². The number of amides is 1. The number of hydrogen-bond donors (Lipinski definition) is 5. The Kier molecular flexibility index (Phi) is 5.88. The molecule has 0 bridgehead atoms. The average molecular weight is 411 g/mol. The number of aromatic nitrogens is 4. The van der Waals surface area contributed by atoms with Crippen molar-refractivity contribution in [3.63, 3.8) is 0 Å². The third kappa shape index (κ3) is 4.64. The number of para-hydroxylation sites is 1. The number of carbonyl (C=O) groups excluding carboxylic acids is 1. The summed E-state index contributed by atoms with van der Waals surface area (Å²) in [7, 11) is 0. The van der Waals surface area contributed by atoms with E-state index in [1.807, 2.05) is 0 Å². The van der Waals surface area contributed by atoms with Crippen molar-refractivity contribution in [2.75, 3.05) is 5.32 Å². The molecule has 5 N–H and O–H groups in total. The van der Waals surface area contributed by atoms with Crippen molar-refractivity contribution >= 4 is 41.3 Å². The number of rotatable bonds is 3. The SMILES string of the molecule is CC(=O)Nc1ccccc1[As](=O)(O)OO.O=c1[nH]cnc2nc[nH]c12. The first kappa shape index (κ1) is 18.6. The van der Waals surface area contributed by atoms with E-state index in [1.165, 1.54) is 37.8 Å². The summed E-state index contributed by atoms with van der Waals surface area (Å²) in [6.07, 6.45) is 2.76. The number of H-pyrrole nitrogens is 2. The van der Waals surface area contributed by atoms with Crippen LogP contribution in [0, 0.1) is 0 Å². The van der Waals surface area contributed by atoms with E-state index < -0.39 is 14.2 Å². The predicted octanol–water partition coefficient (Wildman–Crippen LogP) is -0.650. The van der Waals surface area contributed by atoms with E-state index in [-0.39, 0.29) is 21.5 Å². The average Bonchev–Trinajstić information content (AvgIpc) is 3.05. The first-order valence-electron chi connectivity index (χ1n) is 6.75. The third-order valence-corrected chi connectivity index (χ3v) is 5.42. The monoisotopic (exact) mass is 411 g/mol. The van der Waals surface area contributed by atoms with Crippen LogP contribution in [0.15, 0.2) is 41.7 Å². The fraction of sp³-hybridized carbons (Fsp3) is 0.0769. The molecule has 0 saturated heterocycles. The van der Waals surface area contributed by atoms with Crippen molar-refractivity contribution in [2.45, 2.75) is 6.92 Å². The van der Waals surface area contributed by atoms with E-state index >= 15 is 0 Å². The molecule has 0 saturated carbocycles. The van der Waals surface area contributed by atoms with E-state index in [9.17, 15) is 17.4 Å². The van der Waals surface area contributed by atoms with Crippen LogP contribution >= 0.6 is 0 Å². The molecule has 25 heavy (non-hydrogen) atoms. The zero-order valence-electron chi connectivity index (χ0n) is 12.8. The minimum absolute atomic E-state index is 0.103. The molecular weight excluding hydrogens is 397 g/mol. The Bertz CT molecular complexity index is 984. The van der Waals surface area contributed by atoms with Crippen molar-refractivity contribution in [1.82, 2.24) is 19.9 Å². The zero-order chi connectivity index (χ0) is 18.4. The zero-order valence-corrected chi connectivity index (χ0v) is 14.7. The van der Waals surface area contributed by atoms with Crippen LogP contribution in [0.25, 0.3) is 11.2 Å². The number of hydrogen-bond acceptors (Lipinski definition) is 7. The van der Waals surface area contributed by atoms with Crippen LogP contribution in [-0.2, 0) is 12.4 Å². The van der Waals surface area contributed by atoms with E-state index in [4.69, 9.17) is 5.26 Å². The van der Waals surface area contributed by atoms with Crippen molar-refractivity contribution in [3.8, 4) is 0 Å². The van der Waals surface area contributed by atoms with Crippen molar-refractivity contribution in [1.29, 1.82) is 0 Å². The van der Waals surface area contributed by atoms with Gasteiger partial charge in [-0.25, -0.2) is 9.97 Å². The number of anilines is 1. The molecule has 11 nitrogen and oxygen atoms in total. The van der Waals surface area contributed by atoms with Crippen molar-refractivity contribution in [2.24, 2.45) is 0 Å². The summed E-state index contributed by atoms with van der Waals surface area (Å²) >= 11 is -4.92. The van der Waals surface area contributed by atoms with Gasteiger partial charge in [-0.3, -0.25) is 4.79 Å². The Labute approximate surface area is 143 Å². The third-order valence-electron chi connectivity index (χ3n) is 2.86. The van der Waals surface area contributed by atoms with Gasteiger partial charge in [-0.1, -0.05) is 0 Å². The maximum absolute atomic E-state index is 11.4. The summed E-state index contributed by atoms with van der Waals surface area (Å²) in [5.41, 5.74) is 0.831. The summed E-state index contributed by atoms with van der Waals surface area (Å²) in [5, 5.41) is 10.7. The van der Waals surface area contributed by atoms with Crippen LogP contribution in [0.3, 0.4) is 0 Å². The van der Waals surface area contributed by atoms with E-state index in [0.717, 1.165) is 0 Å². The molecule has 12 heteroatoms. The van der Waals surface area contributed by atoms with Gasteiger partial charge in [-0.15, -0.1) is 0 Å². The van der Waals surface area contributed by atoms with Crippen LogP contribution in [0.5, 0.6) is 0 Å². The number of imidazole rings is 1. The molecule has 1 amide bonds. The summed E-state index contributed by atoms with van der Waals surface area (Å²) < 4.78 is 24.1. The Balaban J connectivity index is 0.000000194. The second kappa shape index (κ2) is 7.90. The minimum atomic E-state index is -4.92. The molecule has 2 aromatic heterocycles. The van der Waals surface area contributed by atoms with Crippen LogP contribution < -0.4 is 15.2 Å². The van der Waals surface area contributed by atoms with Crippen LogP contribution in [0.2, 0.25) is 0 Å². The molecule has 2 heterocycles. The molecule has 0 radical (unpaired) electrons. The van der Waals surface area contributed by atoms with Crippen LogP contribution in [-0.4, -0.2) is 49.4 Å². The van der Waals surface area contributed by atoms with Crippen molar-refractivity contribution in [3.05, 3.63) is 47.3 Å². The molecule has 1 aromatic carbocycles. The molecule has 0 aliphatic carbocycles. The van der Waals surface area contributed by atoms with Crippen molar-refractivity contribution < 1.29 is 21.8 Å². The van der Waals surface area contributed by atoms with Crippen LogP contribution in [0.4, 0.5) is 5.69 Å². The number of aromatic amines is 2. The Morgan fingerprint density at radius 2 is 1.88 bits per heavy atom. The van der Waals surface area contributed by atoms with Gasteiger partial charge >= 0.3 is 88.4 Å². The van der Waals surface area contributed by atoms with Gasteiger partial charge in [0, 0.05) is 0 Å². The van der Waals surface area contributed by atoms with E-state index in [0.29, 0.717) is 11.2 Å². The topological polar surface area (TPSA) is 170 Å². The van der Waals surface area contributed by atoms with E-state index in [2.05, 4.69) is 29.1 Å². The number of nitrogens with one attached hydrogen (secondary N) is 3. The second-order valence-electron chi connectivity index (χ2n) is 4.63. The fourth-order valence-corrected chi connectivity index (χ4v) is 3.51.